The van der Waals surface area contributed by atoms with Gasteiger partial charge in [-0.2, -0.15) is 0 Å². The molecule has 0 aliphatic rings. The molecule has 1 heterocycles. The number of carbonyl (C=O) groups excluding carboxylic acids is 1. The molecule has 0 aliphatic heterocycles. The van der Waals surface area contributed by atoms with E-state index in [0.717, 1.165) is 16.0 Å². The molecule has 2 aromatic carbocycles. The number of amides is 1. The molecule has 1 unspecified atom stereocenters. The standard InChI is InChI=1S/C20H18FNOS/c21-17-11-9-16(10-12-17)20(18-7-4-14-24-18)22-19(23)13-8-15-5-2-1-3-6-15/h1-7,9-12,14,20H,8,13H2,(H,22,23). The summed E-state index contributed by atoms with van der Waals surface area (Å²) >= 11 is 1.58. The topological polar surface area (TPSA) is 29.1 Å². The Kier molecular flexibility index (Phi) is 5.39. The first kappa shape index (κ1) is 16.4. The molecule has 24 heavy (non-hydrogen) atoms. The van der Waals surface area contributed by atoms with Crippen LogP contribution in [-0.2, 0) is 11.2 Å². The Morgan fingerprint density at radius 3 is 2.42 bits per heavy atom. The number of aryl methyl sites for hydroxylation is 1. The van der Waals surface area contributed by atoms with Crippen molar-refractivity contribution in [3.63, 3.8) is 0 Å². The number of hydrogen-bond donors (Lipinski definition) is 1. The molecule has 0 aliphatic carbocycles. The van der Waals surface area contributed by atoms with Gasteiger partial charge in [-0.05, 0) is 41.1 Å². The van der Waals surface area contributed by atoms with Gasteiger partial charge in [0.2, 0.25) is 5.91 Å². The summed E-state index contributed by atoms with van der Waals surface area (Å²) in [5.74, 6) is -0.291. The van der Waals surface area contributed by atoms with E-state index in [4.69, 9.17) is 0 Å². The quantitative estimate of drug-likeness (QED) is 0.691. The lowest BCUT2D eigenvalue weighted by atomic mass is 10.0. The van der Waals surface area contributed by atoms with E-state index in [1.165, 1.54) is 12.1 Å². The van der Waals surface area contributed by atoms with Gasteiger partial charge in [-0.25, -0.2) is 4.39 Å². The van der Waals surface area contributed by atoms with Gasteiger partial charge in [0.1, 0.15) is 5.82 Å². The van der Waals surface area contributed by atoms with Crippen molar-refractivity contribution in [2.45, 2.75) is 18.9 Å². The van der Waals surface area contributed by atoms with Crippen LogP contribution in [0.5, 0.6) is 0 Å². The van der Waals surface area contributed by atoms with Crippen molar-refractivity contribution in [1.29, 1.82) is 0 Å². The molecule has 3 rings (SSSR count). The predicted molar refractivity (Wildman–Crippen MR) is 95.5 cm³/mol. The summed E-state index contributed by atoms with van der Waals surface area (Å²) in [6.45, 7) is 0. The van der Waals surface area contributed by atoms with Crippen LogP contribution in [0.15, 0.2) is 72.1 Å². The molecule has 3 aromatic rings. The fourth-order valence-corrected chi connectivity index (χ4v) is 3.37. The summed E-state index contributed by atoms with van der Waals surface area (Å²) in [5, 5.41) is 5.05. The molecule has 0 saturated carbocycles. The van der Waals surface area contributed by atoms with Gasteiger partial charge < -0.3 is 5.32 Å². The van der Waals surface area contributed by atoms with Crippen LogP contribution < -0.4 is 5.32 Å². The molecule has 0 bridgehead atoms. The van der Waals surface area contributed by atoms with Crippen LogP contribution in [-0.4, -0.2) is 5.91 Å². The Morgan fingerprint density at radius 1 is 1.00 bits per heavy atom. The van der Waals surface area contributed by atoms with E-state index in [9.17, 15) is 9.18 Å². The first-order valence-corrected chi connectivity index (χ1v) is 8.72. The zero-order valence-corrected chi connectivity index (χ0v) is 13.9. The smallest absolute Gasteiger partial charge is 0.221 e. The number of nitrogens with one attached hydrogen (secondary N) is 1. The Hall–Kier alpha value is -2.46. The maximum absolute atomic E-state index is 13.2. The Bertz CT molecular complexity index is 769. The fourth-order valence-electron chi connectivity index (χ4n) is 2.57. The molecule has 122 valence electrons. The first-order chi connectivity index (χ1) is 11.7. The normalized spacial score (nSPS) is 11.9. The number of thiophene rings is 1. The Balaban J connectivity index is 1.70. The average molecular weight is 339 g/mol. The van der Waals surface area contributed by atoms with Crippen LogP contribution in [0, 0.1) is 5.82 Å². The third-order valence-electron chi connectivity index (χ3n) is 3.82. The Morgan fingerprint density at radius 2 is 1.75 bits per heavy atom. The molecule has 4 heteroatoms. The number of halogens is 1. The van der Waals surface area contributed by atoms with Crippen LogP contribution >= 0.6 is 11.3 Å². The molecule has 0 saturated heterocycles. The number of hydrogen-bond acceptors (Lipinski definition) is 2. The lowest BCUT2D eigenvalue weighted by molar-refractivity contribution is -0.121. The average Bonchev–Trinajstić information content (AvgIpc) is 3.14. The van der Waals surface area contributed by atoms with Crippen molar-refractivity contribution >= 4 is 17.2 Å². The van der Waals surface area contributed by atoms with E-state index < -0.39 is 0 Å². The van der Waals surface area contributed by atoms with E-state index in [-0.39, 0.29) is 17.8 Å². The fraction of sp³-hybridized carbons (Fsp3) is 0.150. The molecule has 0 spiro atoms. The van der Waals surface area contributed by atoms with Gasteiger partial charge in [0.25, 0.3) is 0 Å². The van der Waals surface area contributed by atoms with E-state index in [2.05, 4.69) is 5.32 Å². The van der Waals surface area contributed by atoms with Crippen LogP contribution in [0.1, 0.15) is 28.5 Å². The lowest BCUT2D eigenvalue weighted by Crippen LogP contribution is -2.29. The van der Waals surface area contributed by atoms with E-state index >= 15 is 0 Å². The van der Waals surface area contributed by atoms with Crippen molar-refractivity contribution < 1.29 is 9.18 Å². The molecule has 1 N–H and O–H groups in total. The van der Waals surface area contributed by atoms with Crippen LogP contribution in [0.4, 0.5) is 4.39 Å². The second-order valence-corrected chi connectivity index (χ2v) is 6.53. The minimum atomic E-state index is -0.279. The predicted octanol–water partition coefficient (Wildman–Crippen LogP) is 4.73. The largest absolute Gasteiger partial charge is 0.344 e. The second-order valence-electron chi connectivity index (χ2n) is 5.55. The second kappa shape index (κ2) is 7.88. The molecule has 1 aromatic heterocycles. The van der Waals surface area contributed by atoms with E-state index in [1.54, 1.807) is 23.5 Å². The summed E-state index contributed by atoms with van der Waals surface area (Å²) in [7, 11) is 0. The SMILES string of the molecule is O=C(CCc1ccccc1)NC(c1ccc(F)cc1)c1cccs1. The summed E-state index contributed by atoms with van der Waals surface area (Å²) in [6.07, 6.45) is 1.13. The van der Waals surface area contributed by atoms with Crippen LogP contribution in [0.3, 0.4) is 0 Å². The van der Waals surface area contributed by atoms with Crippen molar-refractivity contribution in [2.75, 3.05) is 0 Å². The van der Waals surface area contributed by atoms with Crippen molar-refractivity contribution in [1.82, 2.24) is 5.32 Å². The van der Waals surface area contributed by atoms with Gasteiger partial charge >= 0.3 is 0 Å². The molecule has 0 fully saturated rings. The van der Waals surface area contributed by atoms with Crippen molar-refractivity contribution in [3.05, 3.63) is 93.9 Å². The monoisotopic (exact) mass is 339 g/mol. The molecular formula is C20H18FNOS. The molecule has 1 atom stereocenters. The first-order valence-electron chi connectivity index (χ1n) is 7.84. The van der Waals surface area contributed by atoms with Gasteiger partial charge in [0.05, 0.1) is 6.04 Å². The van der Waals surface area contributed by atoms with Crippen LogP contribution in [0.25, 0.3) is 0 Å². The highest BCUT2D eigenvalue weighted by Crippen LogP contribution is 2.26. The molecular weight excluding hydrogens is 321 g/mol. The van der Waals surface area contributed by atoms with E-state index in [0.29, 0.717) is 12.8 Å². The highest BCUT2D eigenvalue weighted by atomic mass is 32.1. The maximum atomic E-state index is 13.2. The summed E-state index contributed by atoms with van der Waals surface area (Å²) < 4.78 is 13.2. The summed E-state index contributed by atoms with van der Waals surface area (Å²) in [5.41, 5.74) is 2.02. The highest BCUT2D eigenvalue weighted by molar-refractivity contribution is 7.10. The summed E-state index contributed by atoms with van der Waals surface area (Å²) in [6, 6.07) is 19.9. The van der Waals surface area contributed by atoms with Gasteiger partial charge in [-0.1, -0.05) is 48.5 Å². The van der Waals surface area contributed by atoms with Crippen LogP contribution in [0.2, 0.25) is 0 Å². The minimum absolute atomic E-state index is 0.0124. The Labute approximate surface area is 145 Å². The number of benzene rings is 2. The zero-order chi connectivity index (χ0) is 16.8. The van der Waals surface area contributed by atoms with E-state index in [1.807, 2.05) is 47.8 Å². The van der Waals surface area contributed by atoms with Crippen molar-refractivity contribution in [3.8, 4) is 0 Å². The third kappa shape index (κ3) is 4.30. The lowest BCUT2D eigenvalue weighted by Gasteiger charge is -2.18. The number of carbonyl (C=O) groups is 1. The zero-order valence-electron chi connectivity index (χ0n) is 13.1. The summed E-state index contributed by atoms with van der Waals surface area (Å²) in [4.78, 5) is 13.4. The van der Waals surface area contributed by atoms with Gasteiger partial charge in [0.15, 0.2) is 0 Å². The molecule has 1 amide bonds. The van der Waals surface area contributed by atoms with Gasteiger partial charge in [-0.3, -0.25) is 4.79 Å². The highest BCUT2D eigenvalue weighted by Gasteiger charge is 2.17. The van der Waals surface area contributed by atoms with Crippen molar-refractivity contribution in [2.24, 2.45) is 0 Å². The van der Waals surface area contributed by atoms with Gasteiger partial charge in [-0.15, -0.1) is 11.3 Å². The number of rotatable bonds is 6. The van der Waals surface area contributed by atoms with Gasteiger partial charge in [0, 0.05) is 11.3 Å². The molecule has 0 radical (unpaired) electrons. The minimum Gasteiger partial charge on any atom is -0.344 e. The maximum Gasteiger partial charge on any atom is 0.221 e. The third-order valence-corrected chi connectivity index (χ3v) is 4.76. The molecule has 2 nitrogen and oxygen atoms in total.